The maximum Gasteiger partial charge on any atom is 0.219 e. The smallest absolute Gasteiger partial charge is 0.219 e. The Kier molecular flexibility index (Phi) is 5.79. The summed E-state index contributed by atoms with van der Waals surface area (Å²) in [6.45, 7) is 3.06. The van der Waals surface area contributed by atoms with Gasteiger partial charge in [0.05, 0.1) is 35.1 Å². The zero-order chi connectivity index (χ0) is 23.7. The fourth-order valence-electron chi connectivity index (χ4n) is 4.31. The van der Waals surface area contributed by atoms with Crippen LogP contribution in [0.25, 0.3) is 16.6 Å². The van der Waals surface area contributed by atoms with Crippen molar-refractivity contribution in [3.8, 4) is 23.3 Å². The van der Waals surface area contributed by atoms with Crippen LogP contribution in [0.4, 0.5) is 0 Å². The molecule has 1 saturated heterocycles. The van der Waals surface area contributed by atoms with Crippen LogP contribution in [0.5, 0.6) is 0 Å². The summed E-state index contributed by atoms with van der Waals surface area (Å²) < 4.78 is 3.65. The topological polar surface area (TPSA) is 103 Å². The van der Waals surface area contributed by atoms with Crippen LogP contribution in [-0.2, 0) is 4.79 Å². The van der Waals surface area contributed by atoms with E-state index in [2.05, 4.69) is 22.3 Å². The first-order chi connectivity index (χ1) is 16.6. The lowest BCUT2D eigenvalue weighted by molar-refractivity contribution is -0.130. The van der Waals surface area contributed by atoms with Crippen molar-refractivity contribution in [1.82, 2.24) is 24.3 Å². The number of rotatable bonds is 4. The standard InChI is InChI=1S/C25H21N7OS/c1-17(33)30-8-4-6-22(16-30)31-15-21(13-28-31)19-9-24(25-20(11-27)12-29-32(25)14-19)34-23-7-3-2-5-18(23)10-26/h2-3,5,7,9,12-15,22H,4,6,8,16H2,1H3/t22-/m1/s1. The zero-order valence-corrected chi connectivity index (χ0v) is 19.4. The molecule has 1 atom stereocenters. The van der Waals surface area contributed by atoms with Gasteiger partial charge in [-0.3, -0.25) is 9.48 Å². The summed E-state index contributed by atoms with van der Waals surface area (Å²) in [5.41, 5.74) is 3.59. The first kappa shape index (κ1) is 21.7. The molecule has 34 heavy (non-hydrogen) atoms. The van der Waals surface area contributed by atoms with E-state index >= 15 is 0 Å². The number of carbonyl (C=O) groups is 1. The third kappa shape index (κ3) is 4.02. The highest BCUT2D eigenvalue weighted by Gasteiger charge is 2.24. The minimum absolute atomic E-state index is 0.0915. The first-order valence-corrected chi connectivity index (χ1v) is 11.8. The van der Waals surface area contributed by atoms with E-state index in [0.29, 0.717) is 23.2 Å². The van der Waals surface area contributed by atoms with Crippen molar-refractivity contribution in [3.63, 3.8) is 0 Å². The third-order valence-electron chi connectivity index (χ3n) is 6.08. The van der Waals surface area contributed by atoms with Gasteiger partial charge in [-0.25, -0.2) is 4.52 Å². The molecular formula is C25H21N7OS. The van der Waals surface area contributed by atoms with E-state index in [0.717, 1.165) is 40.3 Å². The molecule has 5 rings (SSSR count). The summed E-state index contributed by atoms with van der Waals surface area (Å²) in [7, 11) is 0. The molecular weight excluding hydrogens is 446 g/mol. The van der Waals surface area contributed by atoms with Crippen LogP contribution >= 0.6 is 11.8 Å². The Balaban J connectivity index is 1.54. The van der Waals surface area contributed by atoms with E-state index < -0.39 is 0 Å². The SMILES string of the molecule is CC(=O)N1CCC[C@@H](n2cc(-c3cc(Sc4ccccc4C#N)c4c(C#N)cnn4c3)cn2)C1. The van der Waals surface area contributed by atoms with Gasteiger partial charge in [-0.2, -0.15) is 20.7 Å². The number of pyridine rings is 1. The minimum atomic E-state index is 0.0915. The van der Waals surface area contributed by atoms with Crippen molar-refractivity contribution >= 4 is 23.2 Å². The lowest BCUT2D eigenvalue weighted by Gasteiger charge is -2.32. The monoisotopic (exact) mass is 467 g/mol. The van der Waals surface area contributed by atoms with Gasteiger partial charge >= 0.3 is 0 Å². The van der Waals surface area contributed by atoms with Crippen molar-refractivity contribution in [3.05, 3.63) is 66.2 Å². The van der Waals surface area contributed by atoms with Crippen LogP contribution in [0, 0.1) is 22.7 Å². The van der Waals surface area contributed by atoms with Crippen molar-refractivity contribution in [1.29, 1.82) is 10.5 Å². The fraction of sp³-hybridized carbons (Fsp3) is 0.240. The Morgan fingerprint density at radius 1 is 1.06 bits per heavy atom. The number of nitrogens with zero attached hydrogens (tertiary/aromatic N) is 7. The molecule has 1 aromatic carbocycles. The molecule has 168 valence electrons. The number of fused-ring (bicyclic) bond motifs is 1. The van der Waals surface area contributed by atoms with Gasteiger partial charge in [-0.05, 0) is 31.0 Å². The lowest BCUT2D eigenvalue weighted by atomic mass is 10.1. The molecule has 1 aliphatic rings. The van der Waals surface area contributed by atoms with Gasteiger partial charge < -0.3 is 4.90 Å². The van der Waals surface area contributed by atoms with Gasteiger partial charge in [0.2, 0.25) is 5.91 Å². The van der Waals surface area contributed by atoms with Gasteiger partial charge in [0, 0.05) is 53.3 Å². The molecule has 3 aromatic heterocycles. The van der Waals surface area contributed by atoms with Gasteiger partial charge in [0.15, 0.2) is 0 Å². The molecule has 0 N–H and O–H groups in total. The Labute approximate surface area is 201 Å². The quantitative estimate of drug-likeness (QED) is 0.444. The molecule has 4 aromatic rings. The number of aromatic nitrogens is 4. The minimum Gasteiger partial charge on any atom is -0.341 e. The summed E-state index contributed by atoms with van der Waals surface area (Å²) in [6.07, 6.45) is 9.19. The number of benzene rings is 1. The number of nitriles is 2. The average Bonchev–Trinajstić information content (AvgIpc) is 3.52. The van der Waals surface area contributed by atoms with E-state index in [1.807, 2.05) is 52.4 Å². The molecule has 0 radical (unpaired) electrons. The molecule has 8 nitrogen and oxygen atoms in total. The van der Waals surface area contributed by atoms with Gasteiger partial charge in [-0.15, -0.1) is 0 Å². The molecule has 1 fully saturated rings. The third-order valence-corrected chi connectivity index (χ3v) is 7.18. The molecule has 9 heteroatoms. The Hall–Kier alpha value is -4.08. The van der Waals surface area contributed by atoms with Crippen LogP contribution in [0.2, 0.25) is 0 Å². The van der Waals surface area contributed by atoms with Crippen LogP contribution in [0.1, 0.15) is 36.9 Å². The summed E-state index contributed by atoms with van der Waals surface area (Å²) in [5.74, 6) is 0.0915. The van der Waals surface area contributed by atoms with Gasteiger partial charge in [0.25, 0.3) is 0 Å². The first-order valence-electron chi connectivity index (χ1n) is 11.0. The lowest BCUT2D eigenvalue weighted by Crippen LogP contribution is -2.39. The van der Waals surface area contributed by atoms with E-state index in [9.17, 15) is 15.3 Å². The van der Waals surface area contributed by atoms with E-state index in [1.165, 1.54) is 11.8 Å². The van der Waals surface area contributed by atoms with Crippen molar-refractivity contribution in [2.45, 2.75) is 35.6 Å². The maximum absolute atomic E-state index is 11.8. The number of carbonyl (C=O) groups excluding carboxylic acids is 1. The van der Waals surface area contributed by atoms with Crippen LogP contribution in [0.3, 0.4) is 0 Å². The summed E-state index contributed by atoms with van der Waals surface area (Å²) in [4.78, 5) is 15.4. The fourth-order valence-corrected chi connectivity index (χ4v) is 5.40. The highest BCUT2D eigenvalue weighted by Crippen LogP contribution is 2.37. The second kappa shape index (κ2) is 9.05. The largest absolute Gasteiger partial charge is 0.341 e. The van der Waals surface area contributed by atoms with Crippen LogP contribution in [0.15, 0.2) is 64.9 Å². The molecule has 0 spiro atoms. The van der Waals surface area contributed by atoms with E-state index in [1.54, 1.807) is 23.7 Å². The van der Waals surface area contributed by atoms with Gasteiger partial charge in [0.1, 0.15) is 12.1 Å². The van der Waals surface area contributed by atoms with E-state index in [-0.39, 0.29) is 11.9 Å². The van der Waals surface area contributed by atoms with Crippen molar-refractivity contribution in [2.75, 3.05) is 13.1 Å². The number of piperidine rings is 1. The molecule has 1 amide bonds. The normalized spacial score (nSPS) is 15.7. The van der Waals surface area contributed by atoms with Crippen LogP contribution in [-0.4, -0.2) is 43.3 Å². The molecule has 0 unspecified atom stereocenters. The maximum atomic E-state index is 11.8. The highest BCUT2D eigenvalue weighted by molar-refractivity contribution is 7.99. The molecule has 0 saturated carbocycles. The van der Waals surface area contributed by atoms with Crippen LogP contribution < -0.4 is 0 Å². The van der Waals surface area contributed by atoms with Crippen molar-refractivity contribution in [2.24, 2.45) is 0 Å². The summed E-state index contributed by atoms with van der Waals surface area (Å²) >= 11 is 1.44. The van der Waals surface area contributed by atoms with Gasteiger partial charge in [-0.1, -0.05) is 23.9 Å². The molecule has 1 aliphatic heterocycles. The number of amides is 1. The predicted molar refractivity (Wildman–Crippen MR) is 127 cm³/mol. The number of likely N-dealkylation sites (tertiary alicyclic amines) is 1. The zero-order valence-electron chi connectivity index (χ0n) is 18.5. The second-order valence-corrected chi connectivity index (χ2v) is 9.32. The highest BCUT2D eigenvalue weighted by atomic mass is 32.2. The molecule has 0 aliphatic carbocycles. The Bertz CT molecular complexity index is 1470. The van der Waals surface area contributed by atoms with E-state index in [4.69, 9.17) is 0 Å². The molecule has 0 bridgehead atoms. The van der Waals surface area contributed by atoms with Crippen molar-refractivity contribution < 1.29 is 4.79 Å². The average molecular weight is 468 g/mol. The summed E-state index contributed by atoms with van der Waals surface area (Å²) in [5, 5.41) is 28.1. The predicted octanol–water partition coefficient (Wildman–Crippen LogP) is 4.28. The second-order valence-electron chi connectivity index (χ2n) is 8.24. The summed E-state index contributed by atoms with van der Waals surface area (Å²) in [6, 6.07) is 14.0. The number of hydrogen-bond acceptors (Lipinski definition) is 6. The Morgan fingerprint density at radius 3 is 2.68 bits per heavy atom. The number of hydrogen-bond donors (Lipinski definition) is 0. The molecule has 4 heterocycles. The Morgan fingerprint density at radius 2 is 1.88 bits per heavy atom.